The number of aryl methyl sites for hydroxylation is 1. The van der Waals surface area contributed by atoms with Crippen molar-refractivity contribution in [2.24, 2.45) is 0 Å². The molecule has 0 fully saturated rings. The molecule has 3 aromatic rings. The summed E-state index contributed by atoms with van der Waals surface area (Å²) in [5.41, 5.74) is 1.13. The summed E-state index contributed by atoms with van der Waals surface area (Å²) in [6.07, 6.45) is 2.32. The van der Waals surface area contributed by atoms with Gasteiger partial charge in [0.15, 0.2) is 17.0 Å². The highest BCUT2D eigenvalue weighted by Gasteiger charge is 2.19. The lowest BCUT2D eigenvalue weighted by Crippen LogP contribution is -2.27. The largest absolute Gasteiger partial charge is 0.444 e. The fourth-order valence-electron chi connectivity index (χ4n) is 2.30. The molecule has 26 heavy (non-hydrogen) atoms. The van der Waals surface area contributed by atoms with Crippen molar-refractivity contribution in [3.63, 3.8) is 0 Å². The highest BCUT2D eigenvalue weighted by atomic mass is 35.5. The molecular weight excluding hydrogens is 358 g/mol. The van der Waals surface area contributed by atoms with E-state index >= 15 is 0 Å². The number of ether oxygens (including phenoxy) is 1. The molecule has 3 aromatic heterocycles. The standard InChI is InChI=1S/C16H18ClN7O2/c1-9-5-10(17)22-11(21-9)6-24-8-20-12-13(18-7-19-14(12)24)23-15(25)26-16(2,3)4/h5,7-8H,6H2,1-4H3,(H,18,19,23,25). The Hall–Kier alpha value is -2.81. The summed E-state index contributed by atoms with van der Waals surface area (Å²) < 4.78 is 6.99. The van der Waals surface area contributed by atoms with Crippen LogP contribution in [0, 0.1) is 6.92 Å². The quantitative estimate of drug-likeness (QED) is 0.701. The molecule has 0 saturated carbocycles. The first-order valence-corrected chi connectivity index (χ1v) is 8.25. The number of nitrogens with zero attached hydrogens (tertiary/aromatic N) is 6. The zero-order valence-electron chi connectivity index (χ0n) is 14.8. The van der Waals surface area contributed by atoms with Crippen molar-refractivity contribution >= 4 is 34.7 Å². The third kappa shape index (κ3) is 4.23. The highest BCUT2D eigenvalue weighted by molar-refractivity contribution is 6.29. The van der Waals surface area contributed by atoms with Crippen molar-refractivity contribution in [1.82, 2.24) is 29.5 Å². The molecule has 136 valence electrons. The molecule has 3 heterocycles. The number of fused-ring (bicyclic) bond motifs is 1. The summed E-state index contributed by atoms with van der Waals surface area (Å²) in [6, 6.07) is 1.68. The van der Waals surface area contributed by atoms with Gasteiger partial charge < -0.3 is 9.30 Å². The van der Waals surface area contributed by atoms with Gasteiger partial charge in [0, 0.05) is 5.69 Å². The van der Waals surface area contributed by atoms with Crippen molar-refractivity contribution in [3.8, 4) is 0 Å². The lowest BCUT2D eigenvalue weighted by molar-refractivity contribution is 0.0635. The number of carbonyl (C=O) groups is 1. The third-order valence-corrected chi connectivity index (χ3v) is 3.40. The molecule has 0 aromatic carbocycles. The molecule has 0 spiro atoms. The second-order valence-corrected chi connectivity index (χ2v) is 7.03. The summed E-state index contributed by atoms with van der Waals surface area (Å²) in [5.74, 6) is 0.806. The monoisotopic (exact) mass is 375 g/mol. The average Bonchev–Trinajstić information content (AvgIpc) is 2.88. The number of halogens is 1. The Labute approximate surface area is 154 Å². The molecule has 0 aliphatic heterocycles. The van der Waals surface area contributed by atoms with Crippen LogP contribution in [0.5, 0.6) is 0 Å². The topological polar surface area (TPSA) is 108 Å². The van der Waals surface area contributed by atoms with Crippen LogP contribution in [0.3, 0.4) is 0 Å². The molecule has 1 N–H and O–H groups in total. The van der Waals surface area contributed by atoms with Gasteiger partial charge in [-0.05, 0) is 33.8 Å². The minimum absolute atomic E-state index is 0.270. The number of rotatable bonds is 3. The Morgan fingerprint density at radius 2 is 2.04 bits per heavy atom. The van der Waals surface area contributed by atoms with Crippen molar-refractivity contribution in [2.45, 2.75) is 39.8 Å². The van der Waals surface area contributed by atoms with Gasteiger partial charge in [0.25, 0.3) is 0 Å². The number of hydrogen-bond acceptors (Lipinski definition) is 7. The van der Waals surface area contributed by atoms with Crippen molar-refractivity contribution < 1.29 is 9.53 Å². The minimum atomic E-state index is -0.614. The Kier molecular flexibility index (Phi) is 4.73. The SMILES string of the molecule is Cc1cc(Cl)nc(Cn2cnc3c(NC(=O)OC(C)(C)C)ncnc32)n1. The van der Waals surface area contributed by atoms with Crippen LogP contribution in [0.15, 0.2) is 18.7 Å². The van der Waals surface area contributed by atoms with Gasteiger partial charge in [0.2, 0.25) is 0 Å². The maximum absolute atomic E-state index is 12.0. The molecule has 0 bridgehead atoms. The van der Waals surface area contributed by atoms with E-state index in [1.807, 2.05) is 6.92 Å². The van der Waals surface area contributed by atoms with Crippen LogP contribution in [0.2, 0.25) is 5.15 Å². The first kappa shape index (κ1) is 18.0. The first-order chi connectivity index (χ1) is 12.2. The molecule has 0 aliphatic carbocycles. The lowest BCUT2D eigenvalue weighted by Gasteiger charge is -2.19. The highest BCUT2D eigenvalue weighted by Crippen LogP contribution is 2.19. The van der Waals surface area contributed by atoms with Crippen LogP contribution in [0.4, 0.5) is 10.6 Å². The van der Waals surface area contributed by atoms with Gasteiger partial charge >= 0.3 is 6.09 Å². The van der Waals surface area contributed by atoms with E-state index in [-0.39, 0.29) is 5.82 Å². The van der Waals surface area contributed by atoms with Crippen molar-refractivity contribution in [1.29, 1.82) is 0 Å². The number of carbonyl (C=O) groups excluding carboxylic acids is 1. The molecule has 0 unspecified atom stereocenters. The fourth-order valence-corrected chi connectivity index (χ4v) is 2.56. The Morgan fingerprint density at radius 1 is 1.27 bits per heavy atom. The number of aromatic nitrogens is 6. The van der Waals surface area contributed by atoms with Crippen LogP contribution >= 0.6 is 11.6 Å². The summed E-state index contributed by atoms with van der Waals surface area (Å²) >= 11 is 5.98. The molecule has 0 saturated heterocycles. The molecular formula is C16H18ClN7O2. The summed E-state index contributed by atoms with van der Waals surface area (Å²) in [7, 11) is 0. The van der Waals surface area contributed by atoms with E-state index in [0.717, 1.165) is 5.69 Å². The number of amides is 1. The molecule has 0 aliphatic rings. The van der Waals surface area contributed by atoms with Crippen LogP contribution in [-0.2, 0) is 11.3 Å². The molecule has 1 amide bonds. The van der Waals surface area contributed by atoms with Gasteiger partial charge in [-0.2, -0.15) is 0 Å². The van der Waals surface area contributed by atoms with Crippen molar-refractivity contribution in [3.05, 3.63) is 35.4 Å². The minimum Gasteiger partial charge on any atom is -0.444 e. The summed E-state index contributed by atoms with van der Waals surface area (Å²) in [6.45, 7) is 7.52. The maximum Gasteiger partial charge on any atom is 0.413 e. The number of imidazole rings is 1. The number of nitrogens with one attached hydrogen (secondary N) is 1. The van der Waals surface area contributed by atoms with Crippen LogP contribution in [-0.4, -0.2) is 41.2 Å². The van der Waals surface area contributed by atoms with Gasteiger partial charge in [-0.3, -0.25) is 5.32 Å². The predicted molar refractivity (Wildman–Crippen MR) is 96.1 cm³/mol. The third-order valence-electron chi connectivity index (χ3n) is 3.20. The molecule has 9 nitrogen and oxygen atoms in total. The number of hydrogen-bond donors (Lipinski definition) is 1. The molecule has 0 atom stereocenters. The van der Waals surface area contributed by atoms with Gasteiger partial charge in [0.1, 0.15) is 22.9 Å². The van der Waals surface area contributed by atoms with Crippen LogP contribution < -0.4 is 5.32 Å². The Balaban J connectivity index is 1.87. The van der Waals surface area contributed by atoms with Crippen molar-refractivity contribution in [2.75, 3.05) is 5.32 Å². The second-order valence-electron chi connectivity index (χ2n) is 6.64. The molecule has 3 rings (SSSR count). The van der Waals surface area contributed by atoms with Gasteiger partial charge in [-0.1, -0.05) is 11.6 Å². The zero-order chi connectivity index (χ0) is 18.9. The summed E-state index contributed by atoms with van der Waals surface area (Å²) in [4.78, 5) is 33.1. The normalized spacial score (nSPS) is 11.6. The van der Waals surface area contributed by atoms with E-state index in [0.29, 0.717) is 28.7 Å². The van der Waals surface area contributed by atoms with Crippen LogP contribution in [0.1, 0.15) is 32.3 Å². The van der Waals surface area contributed by atoms with E-state index in [9.17, 15) is 4.79 Å². The summed E-state index contributed by atoms with van der Waals surface area (Å²) in [5, 5.41) is 2.97. The number of anilines is 1. The van der Waals surface area contributed by atoms with Gasteiger partial charge in [0.05, 0.1) is 12.9 Å². The Bertz CT molecular complexity index is 945. The average molecular weight is 376 g/mol. The van der Waals surface area contributed by atoms with E-state index in [2.05, 4.69) is 30.2 Å². The lowest BCUT2D eigenvalue weighted by atomic mass is 10.2. The van der Waals surface area contributed by atoms with Gasteiger partial charge in [-0.15, -0.1) is 0 Å². The first-order valence-electron chi connectivity index (χ1n) is 7.87. The van der Waals surface area contributed by atoms with E-state index < -0.39 is 11.7 Å². The zero-order valence-corrected chi connectivity index (χ0v) is 15.6. The molecule has 10 heteroatoms. The second kappa shape index (κ2) is 6.83. The Morgan fingerprint density at radius 3 is 2.73 bits per heavy atom. The fraction of sp³-hybridized carbons (Fsp3) is 0.375. The van der Waals surface area contributed by atoms with E-state index in [1.54, 1.807) is 37.7 Å². The van der Waals surface area contributed by atoms with Gasteiger partial charge in [-0.25, -0.2) is 29.7 Å². The predicted octanol–water partition coefficient (Wildman–Crippen LogP) is 2.97. The van der Waals surface area contributed by atoms with E-state index in [4.69, 9.17) is 16.3 Å². The van der Waals surface area contributed by atoms with E-state index in [1.165, 1.54) is 6.33 Å². The smallest absolute Gasteiger partial charge is 0.413 e. The van der Waals surface area contributed by atoms with Crippen LogP contribution in [0.25, 0.3) is 11.2 Å². The maximum atomic E-state index is 12.0. The molecule has 0 radical (unpaired) electrons.